The summed E-state index contributed by atoms with van der Waals surface area (Å²) >= 11 is 7.00. The Morgan fingerprint density at radius 2 is 1.73 bits per heavy atom. The highest BCUT2D eigenvalue weighted by atomic mass is 79.9. The van der Waals surface area contributed by atoms with Gasteiger partial charge in [0.05, 0.1) is 0 Å². The highest BCUT2D eigenvalue weighted by Gasteiger charge is 2.10. The second-order valence-corrected chi connectivity index (χ2v) is 4.77. The molecule has 0 radical (unpaired) electrons. The van der Waals surface area contributed by atoms with E-state index in [1.54, 1.807) is 12.4 Å². The van der Waals surface area contributed by atoms with Crippen LogP contribution in [-0.4, -0.2) is 9.97 Å². The maximum atomic E-state index is 4.33. The van der Waals surface area contributed by atoms with Crippen molar-refractivity contribution in [2.24, 2.45) is 0 Å². The number of nitrogens with zero attached hydrogens (tertiary/aromatic N) is 2. The Morgan fingerprint density at radius 1 is 1.00 bits per heavy atom. The van der Waals surface area contributed by atoms with E-state index in [9.17, 15) is 0 Å². The van der Waals surface area contributed by atoms with Crippen molar-refractivity contribution in [3.8, 4) is 11.4 Å². The number of aromatic nitrogens is 2. The zero-order chi connectivity index (χ0) is 10.8. The van der Waals surface area contributed by atoms with Gasteiger partial charge in [0.15, 0.2) is 0 Å². The fourth-order valence-corrected chi connectivity index (χ4v) is 2.13. The maximum absolute atomic E-state index is 4.33. The highest BCUT2D eigenvalue weighted by Crippen LogP contribution is 2.31. The zero-order valence-corrected chi connectivity index (χ0v) is 11.2. The van der Waals surface area contributed by atoms with Crippen LogP contribution in [0, 0.1) is 6.92 Å². The lowest BCUT2D eigenvalue weighted by Crippen LogP contribution is -1.91. The normalized spacial score (nSPS) is 10.3. The van der Waals surface area contributed by atoms with Crippen molar-refractivity contribution < 1.29 is 0 Å². The molecule has 4 heteroatoms. The molecule has 2 aromatic heterocycles. The van der Waals surface area contributed by atoms with Gasteiger partial charge in [-0.1, -0.05) is 0 Å². The van der Waals surface area contributed by atoms with Crippen LogP contribution in [0.5, 0.6) is 0 Å². The molecule has 2 aromatic rings. The largest absolute Gasteiger partial charge is 0.253 e. The molecule has 0 aliphatic carbocycles. The Hall–Kier alpha value is -0.740. The molecule has 0 spiro atoms. The zero-order valence-electron chi connectivity index (χ0n) is 8.04. The second-order valence-electron chi connectivity index (χ2n) is 3.12. The third kappa shape index (κ3) is 2.11. The van der Waals surface area contributed by atoms with Crippen LogP contribution in [0.1, 0.15) is 5.56 Å². The van der Waals surface area contributed by atoms with Crippen LogP contribution in [-0.2, 0) is 0 Å². The summed E-state index contributed by atoms with van der Waals surface area (Å²) in [6, 6.07) is 5.81. The molecule has 0 aliphatic heterocycles. The van der Waals surface area contributed by atoms with E-state index in [0.29, 0.717) is 0 Å². The number of hydrogen-bond acceptors (Lipinski definition) is 2. The van der Waals surface area contributed by atoms with Crippen LogP contribution < -0.4 is 0 Å². The quantitative estimate of drug-likeness (QED) is 0.791. The first-order valence-electron chi connectivity index (χ1n) is 4.42. The Morgan fingerprint density at radius 3 is 2.47 bits per heavy atom. The topological polar surface area (TPSA) is 25.8 Å². The van der Waals surface area contributed by atoms with Crippen molar-refractivity contribution in [3.63, 3.8) is 0 Å². The number of halogens is 2. The van der Waals surface area contributed by atoms with Gasteiger partial charge in [-0.2, -0.15) is 0 Å². The highest BCUT2D eigenvalue weighted by molar-refractivity contribution is 9.11. The summed E-state index contributed by atoms with van der Waals surface area (Å²) in [6.07, 6.45) is 3.55. The molecule has 0 aliphatic rings. The summed E-state index contributed by atoms with van der Waals surface area (Å²) in [5.74, 6) is 0. The molecular formula is C11H8Br2N2. The van der Waals surface area contributed by atoms with E-state index in [1.807, 2.05) is 25.1 Å². The molecule has 0 saturated carbocycles. The third-order valence-corrected chi connectivity index (χ3v) is 3.71. The van der Waals surface area contributed by atoms with Crippen LogP contribution in [0.15, 0.2) is 39.5 Å². The third-order valence-electron chi connectivity index (χ3n) is 2.07. The lowest BCUT2D eigenvalue weighted by molar-refractivity contribution is 1.20. The van der Waals surface area contributed by atoms with Crippen molar-refractivity contribution in [2.45, 2.75) is 6.92 Å². The summed E-state index contributed by atoms with van der Waals surface area (Å²) in [4.78, 5) is 8.64. The van der Waals surface area contributed by atoms with Gasteiger partial charge in [-0.3, -0.25) is 9.97 Å². The fourth-order valence-electron chi connectivity index (χ4n) is 1.27. The van der Waals surface area contributed by atoms with Crippen molar-refractivity contribution in [1.29, 1.82) is 0 Å². The Labute approximate surface area is 105 Å². The van der Waals surface area contributed by atoms with E-state index in [0.717, 1.165) is 25.9 Å². The van der Waals surface area contributed by atoms with Gasteiger partial charge in [-0.15, -0.1) is 0 Å². The molecule has 0 N–H and O–H groups in total. The standard InChI is InChI=1S/C11H8Br2N2/c1-7-4-6-15-11(9(7)13)10-8(12)3-2-5-14-10/h2-6H,1H3. The summed E-state index contributed by atoms with van der Waals surface area (Å²) in [5, 5.41) is 0. The molecule has 0 unspecified atom stereocenters. The van der Waals surface area contributed by atoms with E-state index in [-0.39, 0.29) is 0 Å². The fraction of sp³-hybridized carbons (Fsp3) is 0.0909. The molecule has 0 saturated heterocycles. The van der Waals surface area contributed by atoms with Crippen molar-refractivity contribution in [2.75, 3.05) is 0 Å². The maximum Gasteiger partial charge on any atom is 0.104 e. The number of rotatable bonds is 1. The molecule has 0 aromatic carbocycles. The van der Waals surface area contributed by atoms with Gasteiger partial charge in [0, 0.05) is 21.3 Å². The minimum Gasteiger partial charge on any atom is -0.253 e. The molecule has 0 fully saturated rings. The minimum absolute atomic E-state index is 0.855. The van der Waals surface area contributed by atoms with Gasteiger partial charge < -0.3 is 0 Å². The number of aryl methyl sites for hydroxylation is 1. The average Bonchev–Trinajstić information content (AvgIpc) is 2.23. The van der Waals surface area contributed by atoms with Crippen LogP contribution in [0.25, 0.3) is 11.4 Å². The van der Waals surface area contributed by atoms with E-state index >= 15 is 0 Å². The van der Waals surface area contributed by atoms with Gasteiger partial charge in [-0.05, 0) is 62.5 Å². The van der Waals surface area contributed by atoms with Gasteiger partial charge in [0.1, 0.15) is 11.4 Å². The smallest absolute Gasteiger partial charge is 0.104 e. The summed E-state index contributed by atoms with van der Waals surface area (Å²) in [7, 11) is 0. The van der Waals surface area contributed by atoms with Gasteiger partial charge in [-0.25, -0.2) is 0 Å². The van der Waals surface area contributed by atoms with Crippen LogP contribution in [0.3, 0.4) is 0 Å². The first kappa shape index (κ1) is 10.8. The molecule has 2 rings (SSSR count). The minimum atomic E-state index is 0.855. The molecule has 2 heterocycles. The van der Waals surface area contributed by atoms with Crippen molar-refractivity contribution in [1.82, 2.24) is 9.97 Å². The van der Waals surface area contributed by atoms with Gasteiger partial charge >= 0.3 is 0 Å². The second kappa shape index (κ2) is 4.41. The van der Waals surface area contributed by atoms with Crippen LogP contribution >= 0.6 is 31.9 Å². The van der Waals surface area contributed by atoms with E-state index in [2.05, 4.69) is 41.8 Å². The van der Waals surface area contributed by atoms with E-state index < -0.39 is 0 Å². The summed E-state index contributed by atoms with van der Waals surface area (Å²) < 4.78 is 1.94. The van der Waals surface area contributed by atoms with Crippen molar-refractivity contribution in [3.05, 3.63) is 45.1 Å². The molecule has 2 nitrogen and oxygen atoms in total. The van der Waals surface area contributed by atoms with Gasteiger partial charge in [0.2, 0.25) is 0 Å². The average molecular weight is 328 g/mol. The number of hydrogen-bond donors (Lipinski definition) is 0. The Balaban J connectivity index is 2.65. The number of pyridine rings is 2. The lowest BCUT2D eigenvalue weighted by atomic mass is 10.2. The molecular weight excluding hydrogens is 320 g/mol. The summed E-state index contributed by atoms with van der Waals surface area (Å²) in [6.45, 7) is 2.03. The Kier molecular flexibility index (Phi) is 3.17. The first-order chi connectivity index (χ1) is 7.20. The predicted molar refractivity (Wildman–Crippen MR) is 67.6 cm³/mol. The van der Waals surface area contributed by atoms with E-state index in [4.69, 9.17) is 0 Å². The SMILES string of the molecule is Cc1ccnc(-c2ncccc2Br)c1Br. The first-order valence-corrected chi connectivity index (χ1v) is 6.00. The Bertz CT molecular complexity index is 498. The molecule has 15 heavy (non-hydrogen) atoms. The van der Waals surface area contributed by atoms with Crippen LogP contribution in [0.2, 0.25) is 0 Å². The lowest BCUT2D eigenvalue weighted by Gasteiger charge is -2.06. The molecule has 76 valence electrons. The van der Waals surface area contributed by atoms with Crippen LogP contribution in [0.4, 0.5) is 0 Å². The van der Waals surface area contributed by atoms with Gasteiger partial charge in [0.25, 0.3) is 0 Å². The molecule has 0 amide bonds. The molecule has 0 bridgehead atoms. The predicted octanol–water partition coefficient (Wildman–Crippen LogP) is 3.98. The molecule has 0 atom stereocenters. The summed E-state index contributed by atoms with van der Waals surface area (Å²) in [5.41, 5.74) is 2.87. The van der Waals surface area contributed by atoms with Crippen molar-refractivity contribution >= 4 is 31.9 Å². The van der Waals surface area contributed by atoms with E-state index in [1.165, 1.54) is 0 Å². The monoisotopic (exact) mass is 326 g/mol.